The summed E-state index contributed by atoms with van der Waals surface area (Å²) in [6.45, 7) is 0. The second kappa shape index (κ2) is 16.6. The SMILES string of the molecule is N[C@@H](Cc1cc(I)c(Oc2ccc(O)c(Br)c2)c(I)c1)C(=O)Oc1ccc(Oc2ccc(C[C@@](I)(C(=O)O)N(I)I)cc2)cc1. The quantitative estimate of drug-likeness (QED) is 0.0318. The first-order valence-corrected chi connectivity index (χ1v) is 18.7. The van der Waals surface area contributed by atoms with Crippen molar-refractivity contribution < 1.29 is 34.0 Å². The fraction of sp³-hybridized carbons (Fsp3) is 0.133. The van der Waals surface area contributed by atoms with Crippen LogP contribution in [0.15, 0.2) is 83.3 Å². The predicted molar refractivity (Wildman–Crippen MR) is 216 cm³/mol. The highest BCUT2D eigenvalue weighted by atomic mass is 127. The van der Waals surface area contributed by atoms with Gasteiger partial charge in [0.15, 0.2) is 9.30 Å². The Kier molecular flexibility index (Phi) is 13.7. The lowest BCUT2D eigenvalue weighted by Crippen LogP contribution is -2.41. The number of hydrogen-bond acceptors (Lipinski definition) is 8. The van der Waals surface area contributed by atoms with Crippen molar-refractivity contribution in [1.82, 2.24) is 1.33 Å². The minimum atomic E-state index is -1.08. The molecule has 0 radical (unpaired) electrons. The molecular weight excluding hydrogens is 1210 g/mol. The Balaban J connectivity index is 1.32. The summed E-state index contributed by atoms with van der Waals surface area (Å²) in [4.78, 5) is 24.5. The maximum absolute atomic E-state index is 12.8. The van der Waals surface area contributed by atoms with Gasteiger partial charge in [0.05, 0.1) is 11.6 Å². The van der Waals surface area contributed by atoms with E-state index in [2.05, 4.69) is 61.1 Å². The van der Waals surface area contributed by atoms with Crippen LogP contribution >= 0.6 is 129 Å². The number of halogens is 6. The fourth-order valence-electron chi connectivity index (χ4n) is 3.89. The van der Waals surface area contributed by atoms with Gasteiger partial charge >= 0.3 is 11.9 Å². The Bertz CT molecular complexity index is 1670. The van der Waals surface area contributed by atoms with E-state index in [-0.39, 0.29) is 12.2 Å². The molecule has 0 bridgehead atoms. The molecule has 4 N–H and O–H groups in total. The number of benzene rings is 4. The van der Waals surface area contributed by atoms with Crippen molar-refractivity contribution in [2.45, 2.75) is 22.4 Å². The Morgan fingerprint density at radius 1 is 0.844 bits per heavy atom. The number of ether oxygens (including phenoxy) is 3. The lowest BCUT2D eigenvalue weighted by molar-refractivity contribution is -0.140. The molecule has 4 aromatic rings. The molecular formula is C30H22BrI5N2O7. The van der Waals surface area contributed by atoms with E-state index in [4.69, 9.17) is 19.9 Å². The minimum absolute atomic E-state index is 0.123. The molecule has 0 aliphatic rings. The summed E-state index contributed by atoms with van der Waals surface area (Å²) in [5.41, 5.74) is 7.92. The zero-order chi connectivity index (χ0) is 32.9. The monoisotopic (exact) mass is 1240 g/mol. The summed E-state index contributed by atoms with van der Waals surface area (Å²) in [6.07, 6.45) is 0.584. The second-order valence-corrected chi connectivity index (χ2v) is 18.3. The number of aliphatic carboxylic acids is 1. The molecule has 0 aromatic heterocycles. The number of carbonyl (C=O) groups is 2. The van der Waals surface area contributed by atoms with E-state index in [0.29, 0.717) is 39.6 Å². The smallest absolute Gasteiger partial charge is 0.336 e. The Morgan fingerprint density at radius 3 is 1.91 bits per heavy atom. The van der Waals surface area contributed by atoms with Gasteiger partial charge < -0.3 is 30.2 Å². The summed E-state index contributed by atoms with van der Waals surface area (Å²) < 4.78 is 20.2. The lowest BCUT2D eigenvalue weighted by Gasteiger charge is -2.26. The van der Waals surface area contributed by atoms with Crippen molar-refractivity contribution in [2.24, 2.45) is 5.73 Å². The summed E-state index contributed by atoms with van der Waals surface area (Å²) >= 11 is 13.5. The predicted octanol–water partition coefficient (Wildman–Crippen LogP) is 9.18. The van der Waals surface area contributed by atoms with Crippen LogP contribution in [-0.2, 0) is 22.4 Å². The van der Waals surface area contributed by atoms with Gasteiger partial charge in [-0.15, -0.1) is 0 Å². The minimum Gasteiger partial charge on any atom is -0.507 e. The van der Waals surface area contributed by atoms with Gasteiger partial charge in [0.1, 0.15) is 34.8 Å². The molecule has 236 valence electrons. The molecule has 0 fully saturated rings. The first-order chi connectivity index (χ1) is 21.2. The molecule has 45 heavy (non-hydrogen) atoms. The molecule has 0 heterocycles. The highest BCUT2D eigenvalue weighted by Crippen LogP contribution is 2.37. The number of hydrogen-bond donors (Lipinski definition) is 3. The summed E-state index contributed by atoms with van der Waals surface area (Å²) in [5, 5.41) is 19.4. The Morgan fingerprint density at radius 2 is 1.38 bits per heavy atom. The van der Waals surface area contributed by atoms with E-state index in [9.17, 15) is 19.8 Å². The van der Waals surface area contributed by atoms with Crippen molar-refractivity contribution in [3.63, 3.8) is 0 Å². The van der Waals surface area contributed by atoms with Crippen LogP contribution in [0.2, 0.25) is 0 Å². The van der Waals surface area contributed by atoms with Gasteiger partial charge in [-0.25, -0.2) is 9.59 Å². The molecule has 2 atom stereocenters. The van der Waals surface area contributed by atoms with Crippen LogP contribution < -0.4 is 19.9 Å². The molecule has 0 saturated heterocycles. The molecule has 9 nitrogen and oxygen atoms in total. The van der Waals surface area contributed by atoms with Gasteiger partial charge in [0.2, 0.25) is 0 Å². The van der Waals surface area contributed by atoms with Crippen molar-refractivity contribution in [3.8, 4) is 34.5 Å². The molecule has 4 aromatic carbocycles. The van der Waals surface area contributed by atoms with Crippen molar-refractivity contribution in [2.75, 3.05) is 0 Å². The number of carboxylic acids is 1. The number of nitrogens with two attached hydrogens (primary N) is 1. The topological polar surface area (TPSA) is 132 Å². The average Bonchev–Trinajstić information content (AvgIpc) is 2.98. The van der Waals surface area contributed by atoms with Gasteiger partial charge in [0, 0.05) is 52.1 Å². The van der Waals surface area contributed by atoms with Crippen LogP contribution in [0.1, 0.15) is 11.1 Å². The van der Waals surface area contributed by atoms with Crippen molar-refractivity contribution >= 4 is 141 Å². The molecule has 0 unspecified atom stereocenters. The number of aromatic hydroxyl groups is 1. The van der Waals surface area contributed by atoms with Crippen LogP contribution in [0.25, 0.3) is 0 Å². The highest BCUT2D eigenvalue weighted by molar-refractivity contribution is 14.2. The average molecular weight is 1240 g/mol. The maximum Gasteiger partial charge on any atom is 0.336 e. The third-order valence-electron chi connectivity index (χ3n) is 6.19. The normalized spacial score (nSPS) is 13.2. The second-order valence-electron chi connectivity index (χ2n) is 9.53. The summed E-state index contributed by atoms with van der Waals surface area (Å²) in [5.74, 6) is 1.32. The summed E-state index contributed by atoms with van der Waals surface area (Å²) in [6, 6.07) is 21.7. The van der Waals surface area contributed by atoms with Crippen molar-refractivity contribution in [3.05, 3.63) is 102 Å². The Labute approximate surface area is 336 Å². The number of alkyl halides is 1. The van der Waals surface area contributed by atoms with Gasteiger partial charge in [-0.2, -0.15) is 1.33 Å². The highest BCUT2D eigenvalue weighted by Gasteiger charge is 2.40. The zero-order valence-corrected chi connectivity index (χ0v) is 35.1. The molecule has 0 saturated carbocycles. The largest absolute Gasteiger partial charge is 0.507 e. The van der Waals surface area contributed by atoms with Crippen LogP contribution in [0.4, 0.5) is 0 Å². The van der Waals surface area contributed by atoms with Gasteiger partial charge in [0.25, 0.3) is 0 Å². The third kappa shape index (κ3) is 10.1. The van der Waals surface area contributed by atoms with E-state index < -0.39 is 21.5 Å². The number of carboxylic acid groups (broad SMARTS) is 1. The van der Waals surface area contributed by atoms with Crippen LogP contribution in [-0.4, -0.2) is 33.1 Å². The maximum atomic E-state index is 12.8. The summed E-state index contributed by atoms with van der Waals surface area (Å²) in [7, 11) is 0. The van der Waals surface area contributed by atoms with E-state index >= 15 is 0 Å². The molecule has 4 rings (SSSR count). The fourth-order valence-corrected chi connectivity index (χ4v) is 7.56. The first kappa shape index (κ1) is 37.1. The lowest BCUT2D eigenvalue weighted by atomic mass is 10.1. The number of rotatable bonds is 12. The zero-order valence-electron chi connectivity index (χ0n) is 22.7. The Hall–Kier alpha value is -0.730. The number of phenols is 1. The van der Waals surface area contributed by atoms with Gasteiger partial charge in [-0.1, -0.05) is 12.1 Å². The first-order valence-electron chi connectivity index (χ1n) is 12.8. The van der Waals surface area contributed by atoms with Crippen LogP contribution in [0, 0.1) is 7.14 Å². The molecule has 0 spiro atoms. The van der Waals surface area contributed by atoms with E-state index in [1.807, 2.05) is 92.6 Å². The standard InChI is InChI=1S/C30H22BrI5N2O7/c31-22-14-21(9-10-26(22)39)44-27-23(32)11-17(12-24(27)33)13-25(37)28(40)45-20-7-5-19(6-8-20)43-18-3-1-16(2-4-18)15-30(34,29(41)42)38(35)36/h1-12,14,25,39H,13,15,37H2,(H,41,42)/t25-,30-/m0/s1. The molecule has 0 amide bonds. The van der Waals surface area contributed by atoms with E-state index in [1.165, 1.54) is 0 Å². The number of nitrogens with zero attached hydrogens (tertiary/aromatic N) is 1. The number of carbonyl (C=O) groups excluding carboxylic acids is 1. The number of esters is 1. The van der Waals surface area contributed by atoms with Gasteiger partial charge in [-0.3, -0.25) is 0 Å². The van der Waals surface area contributed by atoms with E-state index in [0.717, 1.165) is 18.3 Å². The van der Waals surface area contributed by atoms with Gasteiger partial charge in [-0.05, 0) is 168 Å². The van der Waals surface area contributed by atoms with Crippen LogP contribution in [0.5, 0.6) is 34.5 Å². The number of phenolic OH excluding ortho intramolecular Hbond substituents is 1. The van der Waals surface area contributed by atoms with E-state index in [1.54, 1.807) is 55.9 Å². The van der Waals surface area contributed by atoms with Crippen LogP contribution in [0.3, 0.4) is 0 Å². The van der Waals surface area contributed by atoms with Crippen molar-refractivity contribution in [1.29, 1.82) is 0 Å². The molecule has 15 heteroatoms. The molecule has 0 aliphatic heterocycles. The third-order valence-corrected chi connectivity index (χ3v) is 13.2. The molecule has 0 aliphatic carbocycles.